The average Bonchev–Trinajstić information content (AvgIpc) is 1.74. The smallest absolute Gasteiger partial charge is 0.166 e. The molecule has 0 heterocycles. The fourth-order valence-corrected chi connectivity index (χ4v) is 3.02. The highest BCUT2D eigenvalue weighted by atomic mass is 28.2. The van der Waals surface area contributed by atoms with Crippen LogP contribution in [0.5, 0.6) is 0 Å². The third kappa shape index (κ3) is 4.63. The van der Waals surface area contributed by atoms with Crippen molar-refractivity contribution in [3.63, 3.8) is 0 Å². The maximum absolute atomic E-state index is 12.2. The molecule has 0 aliphatic carbocycles. The van der Waals surface area contributed by atoms with E-state index in [1.54, 1.807) is 0 Å². The van der Waals surface area contributed by atoms with Gasteiger partial charge in [0.15, 0.2) is 0 Å². The third-order valence-corrected chi connectivity index (χ3v) is 3.83. The van der Waals surface area contributed by atoms with Gasteiger partial charge in [0.2, 0.25) is 0 Å². The van der Waals surface area contributed by atoms with Gasteiger partial charge in [-0.2, -0.15) is 26.3 Å². The lowest BCUT2D eigenvalue weighted by atomic mass is 10.4. The van der Waals surface area contributed by atoms with Crippen molar-refractivity contribution in [1.29, 1.82) is 0 Å². The number of alkyl halides is 6. The zero-order valence-corrected chi connectivity index (χ0v) is 9.35. The van der Waals surface area contributed by atoms with Crippen LogP contribution in [-0.2, 0) is 0 Å². The highest BCUT2D eigenvalue weighted by Crippen LogP contribution is 2.30. The predicted molar refractivity (Wildman–Crippen MR) is 48.2 cm³/mol. The van der Waals surface area contributed by atoms with Crippen LogP contribution in [0.1, 0.15) is 13.8 Å². The fraction of sp³-hybridized carbons (Fsp3) is 0.625. The Bertz CT molecular complexity index is 273. The lowest BCUT2D eigenvalue weighted by molar-refractivity contribution is -0.114. The minimum absolute atomic E-state index is 0.456. The van der Waals surface area contributed by atoms with Crippen LogP contribution in [-0.4, -0.2) is 25.9 Å². The second-order valence-corrected chi connectivity index (χ2v) is 5.43. The molecule has 0 aliphatic heterocycles. The van der Waals surface area contributed by atoms with E-state index in [1.165, 1.54) is 13.8 Å². The molecule has 0 fully saturated rings. The van der Waals surface area contributed by atoms with Gasteiger partial charge in [0, 0.05) is 0 Å². The first-order valence-corrected chi connectivity index (χ1v) is 6.04. The second kappa shape index (κ2) is 4.50. The van der Waals surface area contributed by atoms with Crippen molar-refractivity contribution in [2.75, 3.05) is 0 Å². The van der Waals surface area contributed by atoms with Gasteiger partial charge in [-0.25, -0.2) is 0 Å². The summed E-state index contributed by atoms with van der Waals surface area (Å²) in [7, 11) is -2.74. The maximum atomic E-state index is 12.2. The van der Waals surface area contributed by atoms with Crippen LogP contribution in [0.15, 0.2) is 11.3 Å². The predicted octanol–water partition coefficient (Wildman–Crippen LogP) is 3.50. The van der Waals surface area contributed by atoms with E-state index < -0.39 is 25.9 Å². The van der Waals surface area contributed by atoms with E-state index in [0.29, 0.717) is 5.57 Å². The van der Waals surface area contributed by atoms with Crippen LogP contribution in [0.4, 0.5) is 26.3 Å². The molecule has 0 nitrogen and oxygen atoms in total. The molecule has 0 rings (SSSR count). The van der Waals surface area contributed by atoms with Crippen molar-refractivity contribution in [2.24, 2.45) is 0 Å². The van der Waals surface area contributed by atoms with E-state index in [2.05, 4.69) is 0 Å². The Balaban J connectivity index is 5.59. The largest absolute Gasteiger partial charge is 0.417 e. The van der Waals surface area contributed by atoms with E-state index in [9.17, 15) is 26.3 Å². The monoisotopic (exact) mass is 248 g/mol. The second-order valence-electron chi connectivity index (χ2n) is 3.28. The van der Waals surface area contributed by atoms with Crippen LogP contribution >= 0.6 is 0 Å². The van der Waals surface area contributed by atoms with Gasteiger partial charge in [-0.1, -0.05) is 17.8 Å². The van der Waals surface area contributed by atoms with Gasteiger partial charge in [0.1, 0.15) is 5.17 Å². The molecule has 0 aromatic rings. The molecule has 7 heteroatoms. The van der Waals surface area contributed by atoms with Gasteiger partial charge >= 0.3 is 12.4 Å². The van der Waals surface area contributed by atoms with Crippen molar-refractivity contribution < 1.29 is 26.3 Å². The zero-order valence-electron chi connectivity index (χ0n) is 8.35. The number of hydrogen-bond donors (Lipinski definition) is 0. The van der Waals surface area contributed by atoms with Gasteiger partial charge in [0.25, 0.3) is 0 Å². The molecule has 0 unspecified atom stereocenters. The molecule has 0 amide bonds. The lowest BCUT2D eigenvalue weighted by Gasteiger charge is -2.16. The lowest BCUT2D eigenvalue weighted by Crippen LogP contribution is -2.42. The van der Waals surface area contributed by atoms with Gasteiger partial charge in [0.05, 0.1) is 8.41 Å². The molecule has 0 spiro atoms. The summed E-state index contributed by atoms with van der Waals surface area (Å²) < 4.78 is 72.9. The molecule has 0 aliphatic rings. The molecular weight excluding hydrogens is 238 g/mol. The maximum Gasteiger partial charge on any atom is 0.417 e. The topological polar surface area (TPSA) is 0 Å². The van der Waals surface area contributed by atoms with Crippen LogP contribution < -0.4 is 0 Å². The van der Waals surface area contributed by atoms with Gasteiger partial charge in [-0.05, 0) is 13.8 Å². The molecule has 88 valence electrons. The van der Waals surface area contributed by atoms with Gasteiger partial charge < -0.3 is 0 Å². The summed E-state index contributed by atoms with van der Waals surface area (Å²) in [6.07, 6.45) is -10.6. The van der Waals surface area contributed by atoms with Crippen molar-refractivity contribution in [1.82, 2.24) is 0 Å². The summed E-state index contributed by atoms with van der Waals surface area (Å²) in [6, 6.07) is 0. The van der Waals surface area contributed by atoms with E-state index in [0.717, 1.165) is 12.2 Å². The Morgan fingerprint density at radius 3 is 1.47 bits per heavy atom. The molecule has 0 aromatic carbocycles. The van der Waals surface area contributed by atoms with Crippen molar-refractivity contribution in [3.8, 4) is 0 Å². The summed E-state index contributed by atoms with van der Waals surface area (Å²) in [5.41, 5.74) is 1.50. The minimum Gasteiger partial charge on any atom is -0.166 e. The summed E-state index contributed by atoms with van der Waals surface area (Å²) in [5.74, 6) is 0. The zero-order chi connectivity index (χ0) is 12.4. The number of hydrogen-bond acceptors (Lipinski definition) is 0. The van der Waals surface area contributed by atoms with Gasteiger partial charge in [-0.15, -0.1) is 0 Å². The van der Waals surface area contributed by atoms with Crippen molar-refractivity contribution >= 4 is 13.6 Å². The Labute approximate surface area is 84.8 Å². The van der Waals surface area contributed by atoms with Gasteiger partial charge in [-0.3, -0.25) is 0 Å². The normalized spacial score (nSPS) is 12.3. The van der Waals surface area contributed by atoms with Crippen molar-refractivity contribution in [2.45, 2.75) is 32.7 Å². The summed E-state index contributed by atoms with van der Waals surface area (Å²) >= 11 is 0. The first-order chi connectivity index (χ1) is 6.46. The third-order valence-electron chi connectivity index (χ3n) is 1.47. The van der Waals surface area contributed by atoms with Crippen LogP contribution in [0.25, 0.3) is 0 Å². The standard InChI is InChI=1S/C8H10F6Si/c1-5(2)4-15(3)6(7(9,10)11)8(12,13)14/h4H,1-3H3. The molecular formula is C8H10F6Si. The fourth-order valence-electron chi connectivity index (χ4n) is 1.11. The minimum atomic E-state index is -5.30. The molecule has 0 aromatic heterocycles. The number of allylic oxidation sites excluding steroid dienone is 1. The Morgan fingerprint density at radius 2 is 1.27 bits per heavy atom. The van der Waals surface area contributed by atoms with E-state index in [4.69, 9.17) is 0 Å². The van der Waals surface area contributed by atoms with Crippen molar-refractivity contribution in [3.05, 3.63) is 11.3 Å². The molecule has 0 N–H and O–H groups in total. The van der Waals surface area contributed by atoms with Crippen LogP contribution in [0, 0.1) is 0 Å². The summed E-state index contributed by atoms with van der Waals surface area (Å²) in [6.45, 7) is 3.92. The molecule has 15 heavy (non-hydrogen) atoms. The molecule has 0 atom stereocenters. The SMILES string of the molecule is CC(C)=C[Si](C)=C(C(F)(F)F)C(F)(F)F. The molecule has 0 saturated carbocycles. The Morgan fingerprint density at radius 1 is 0.933 bits per heavy atom. The van der Waals surface area contributed by atoms with E-state index in [-0.39, 0.29) is 0 Å². The molecule has 0 saturated heterocycles. The highest BCUT2D eigenvalue weighted by molar-refractivity contribution is 6.76. The highest BCUT2D eigenvalue weighted by Gasteiger charge is 2.51. The Kier molecular flexibility index (Phi) is 4.33. The quantitative estimate of drug-likeness (QED) is 0.492. The first-order valence-electron chi connectivity index (χ1n) is 3.96. The average molecular weight is 248 g/mol. The van der Waals surface area contributed by atoms with Crippen LogP contribution in [0.2, 0.25) is 6.55 Å². The van der Waals surface area contributed by atoms with Crippen LogP contribution in [0.3, 0.4) is 0 Å². The summed E-state index contributed by atoms with van der Waals surface area (Å²) in [5, 5.41) is -2.26. The van der Waals surface area contributed by atoms with E-state index >= 15 is 0 Å². The molecule has 0 bridgehead atoms. The first kappa shape index (κ1) is 14.4. The molecule has 0 radical (unpaired) electrons. The summed E-state index contributed by atoms with van der Waals surface area (Å²) in [4.78, 5) is 0. The number of halogens is 6. The number of rotatable bonds is 1. The Hall–Kier alpha value is -0.593. The van der Waals surface area contributed by atoms with E-state index in [1.807, 2.05) is 0 Å².